The Morgan fingerprint density at radius 2 is 2.00 bits per heavy atom. The van der Waals surface area contributed by atoms with E-state index < -0.39 is 0 Å². The van der Waals surface area contributed by atoms with Crippen LogP contribution in [0, 0.1) is 6.92 Å². The van der Waals surface area contributed by atoms with Crippen LogP contribution in [0.15, 0.2) is 18.2 Å². The molecule has 0 aliphatic carbocycles. The summed E-state index contributed by atoms with van der Waals surface area (Å²) in [6.45, 7) is 6.26. The van der Waals surface area contributed by atoms with Gasteiger partial charge in [0.2, 0.25) is 5.91 Å². The number of hydrogen-bond donors (Lipinski definition) is 2. The number of nitrogens with one attached hydrogen (secondary N) is 1. The van der Waals surface area contributed by atoms with E-state index >= 15 is 0 Å². The average molecular weight is 292 g/mol. The number of carbonyl (C=O) groups is 2. The minimum absolute atomic E-state index is 0.0557. The fraction of sp³-hybridized carbons (Fsp3) is 0.500. The number of rotatable bonds is 7. The first-order valence-electron chi connectivity index (χ1n) is 7.28. The van der Waals surface area contributed by atoms with E-state index in [1.54, 1.807) is 17.0 Å². The molecule has 2 N–H and O–H groups in total. The Hall–Kier alpha value is -1.88. The van der Waals surface area contributed by atoms with Gasteiger partial charge in [0.1, 0.15) is 0 Å². The molecule has 0 unspecified atom stereocenters. The van der Waals surface area contributed by atoms with E-state index in [1.165, 1.54) is 6.92 Å². The Bertz CT molecular complexity index is 500. The zero-order chi connectivity index (χ0) is 15.8. The molecule has 0 atom stereocenters. The van der Waals surface area contributed by atoms with Crippen LogP contribution >= 0.6 is 0 Å². The maximum atomic E-state index is 12.5. The third-order valence-electron chi connectivity index (χ3n) is 3.23. The highest BCUT2D eigenvalue weighted by molar-refractivity contribution is 5.97. The van der Waals surface area contributed by atoms with Crippen LogP contribution in [0.3, 0.4) is 0 Å². The van der Waals surface area contributed by atoms with Gasteiger partial charge in [-0.2, -0.15) is 0 Å². The van der Waals surface area contributed by atoms with Gasteiger partial charge in [0.25, 0.3) is 5.91 Å². The Morgan fingerprint density at radius 1 is 1.29 bits per heavy atom. The van der Waals surface area contributed by atoms with Crippen LogP contribution in [0.5, 0.6) is 0 Å². The van der Waals surface area contributed by atoms with Crippen molar-refractivity contribution in [2.75, 3.05) is 25.0 Å². The summed E-state index contributed by atoms with van der Waals surface area (Å²) in [5.74, 6) is -0.287. The fourth-order valence-corrected chi connectivity index (χ4v) is 2.05. The number of benzene rings is 1. The summed E-state index contributed by atoms with van der Waals surface area (Å²) in [6, 6.07) is 5.25. The molecular formula is C16H24N2O3. The third-order valence-corrected chi connectivity index (χ3v) is 3.23. The molecule has 0 saturated heterocycles. The second-order valence-electron chi connectivity index (χ2n) is 5.08. The standard InChI is InChI=1S/C16H24N2O3/c1-4-5-8-18(9-10-19)16(21)14-7-6-12(2)15(11-14)17-13(3)20/h6-7,11,19H,4-5,8-10H2,1-3H3,(H,17,20). The molecule has 0 aliphatic heterocycles. The zero-order valence-electron chi connectivity index (χ0n) is 13.0. The van der Waals surface area contributed by atoms with Gasteiger partial charge in [-0.1, -0.05) is 19.4 Å². The lowest BCUT2D eigenvalue weighted by molar-refractivity contribution is -0.114. The summed E-state index contributed by atoms with van der Waals surface area (Å²) >= 11 is 0. The van der Waals surface area contributed by atoms with E-state index in [0.29, 0.717) is 24.3 Å². The van der Waals surface area contributed by atoms with Crippen LogP contribution in [0.4, 0.5) is 5.69 Å². The normalized spacial score (nSPS) is 10.3. The minimum Gasteiger partial charge on any atom is -0.395 e. The maximum Gasteiger partial charge on any atom is 0.254 e. The van der Waals surface area contributed by atoms with Crippen molar-refractivity contribution in [1.82, 2.24) is 4.90 Å². The van der Waals surface area contributed by atoms with Gasteiger partial charge >= 0.3 is 0 Å². The van der Waals surface area contributed by atoms with Gasteiger partial charge in [-0.15, -0.1) is 0 Å². The molecule has 0 radical (unpaired) electrons. The van der Waals surface area contributed by atoms with Crippen molar-refractivity contribution in [2.24, 2.45) is 0 Å². The van der Waals surface area contributed by atoms with Crippen LogP contribution in [-0.2, 0) is 4.79 Å². The first-order valence-corrected chi connectivity index (χ1v) is 7.28. The highest BCUT2D eigenvalue weighted by Crippen LogP contribution is 2.18. The Labute approximate surface area is 126 Å². The Morgan fingerprint density at radius 3 is 2.57 bits per heavy atom. The highest BCUT2D eigenvalue weighted by Gasteiger charge is 2.16. The molecule has 21 heavy (non-hydrogen) atoms. The first-order chi connectivity index (χ1) is 9.99. The largest absolute Gasteiger partial charge is 0.395 e. The molecule has 0 aliphatic rings. The lowest BCUT2D eigenvalue weighted by Crippen LogP contribution is -2.34. The van der Waals surface area contributed by atoms with E-state index in [9.17, 15) is 9.59 Å². The van der Waals surface area contributed by atoms with Crippen molar-refractivity contribution in [1.29, 1.82) is 0 Å². The van der Waals surface area contributed by atoms with Gasteiger partial charge in [-0.05, 0) is 31.0 Å². The van der Waals surface area contributed by atoms with Crippen LogP contribution < -0.4 is 5.32 Å². The molecule has 1 rings (SSSR count). The van der Waals surface area contributed by atoms with Gasteiger partial charge in [0.15, 0.2) is 0 Å². The van der Waals surface area contributed by atoms with E-state index in [2.05, 4.69) is 12.2 Å². The molecule has 0 heterocycles. The predicted octanol–water partition coefficient (Wildman–Crippen LogP) is 2.19. The number of carbonyl (C=O) groups excluding carboxylic acids is 2. The summed E-state index contributed by atoms with van der Waals surface area (Å²) in [5, 5.41) is 11.8. The predicted molar refractivity (Wildman–Crippen MR) is 83.4 cm³/mol. The van der Waals surface area contributed by atoms with Gasteiger partial charge in [0.05, 0.1) is 6.61 Å². The lowest BCUT2D eigenvalue weighted by atomic mass is 10.1. The van der Waals surface area contributed by atoms with E-state index in [-0.39, 0.29) is 18.4 Å². The van der Waals surface area contributed by atoms with Crippen LogP contribution in [0.25, 0.3) is 0 Å². The monoisotopic (exact) mass is 292 g/mol. The van der Waals surface area contributed by atoms with Crippen molar-refractivity contribution >= 4 is 17.5 Å². The quantitative estimate of drug-likeness (QED) is 0.809. The van der Waals surface area contributed by atoms with E-state index in [4.69, 9.17) is 5.11 Å². The summed E-state index contributed by atoms with van der Waals surface area (Å²) in [4.78, 5) is 25.3. The molecule has 0 fully saturated rings. The Balaban J connectivity index is 2.95. The fourth-order valence-electron chi connectivity index (χ4n) is 2.05. The van der Waals surface area contributed by atoms with Gasteiger partial charge in [-0.25, -0.2) is 0 Å². The van der Waals surface area contributed by atoms with Crippen molar-refractivity contribution in [3.63, 3.8) is 0 Å². The first kappa shape index (κ1) is 17.2. The average Bonchev–Trinajstić information content (AvgIpc) is 2.44. The molecule has 1 aromatic carbocycles. The second kappa shape index (κ2) is 8.42. The van der Waals surface area contributed by atoms with Crippen LogP contribution in [0.2, 0.25) is 0 Å². The number of aryl methyl sites for hydroxylation is 1. The molecule has 5 heteroatoms. The molecule has 0 saturated carbocycles. The molecule has 2 amide bonds. The van der Waals surface area contributed by atoms with Gasteiger partial charge < -0.3 is 15.3 Å². The van der Waals surface area contributed by atoms with Crippen LogP contribution in [0.1, 0.15) is 42.6 Å². The zero-order valence-corrected chi connectivity index (χ0v) is 13.0. The number of aliphatic hydroxyl groups is 1. The highest BCUT2D eigenvalue weighted by atomic mass is 16.3. The van der Waals surface area contributed by atoms with Gasteiger partial charge in [-0.3, -0.25) is 9.59 Å². The number of unbranched alkanes of at least 4 members (excludes halogenated alkanes) is 1. The van der Waals surface area contributed by atoms with E-state index in [1.807, 2.05) is 13.0 Å². The minimum atomic E-state index is -0.166. The van der Waals surface area contributed by atoms with Gasteiger partial charge in [0, 0.05) is 31.3 Å². The molecule has 0 aromatic heterocycles. The van der Waals surface area contributed by atoms with Crippen molar-refractivity contribution in [2.45, 2.75) is 33.6 Å². The third kappa shape index (κ3) is 5.19. The summed E-state index contributed by atoms with van der Waals surface area (Å²) < 4.78 is 0. The molecule has 0 bridgehead atoms. The molecule has 5 nitrogen and oxygen atoms in total. The van der Waals surface area contributed by atoms with Crippen molar-refractivity contribution in [3.05, 3.63) is 29.3 Å². The molecule has 0 spiro atoms. The number of nitrogens with zero attached hydrogens (tertiary/aromatic N) is 1. The SMILES string of the molecule is CCCCN(CCO)C(=O)c1ccc(C)c(NC(C)=O)c1. The maximum absolute atomic E-state index is 12.5. The summed E-state index contributed by atoms with van der Waals surface area (Å²) in [7, 11) is 0. The second-order valence-corrected chi connectivity index (χ2v) is 5.08. The molecule has 1 aromatic rings. The topological polar surface area (TPSA) is 69.6 Å². The summed E-state index contributed by atoms with van der Waals surface area (Å²) in [5.41, 5.74) is 2.07. The van der Waals surface area contributed by atoms with E-state index in [0.717, 1.165) is 18.4 Å². The van der Waals surface area contributed by atoms with Crippen molar-refractivity contribution < 1.29 is 14.7 Å². The molecular weight excluding hydrogens is 268 g/mol. The van der Waals surface area contributed by atoms with Crippen LogP contribution in [-0.4, -0.2) is 41.5 Å². The van der Waals surface area contributed by atoms with Crippen molar-refractivity contribution in [3.8, 4) is 0 Å². The number of amides is 2. The smallest absolute Gasteiger partial charge is 0.254 e. The Kier molecular flexibility index (Phi) is 6.88. The number of anilines is 1. The molecule has 116 valence electrons. The lowest BCUT2D eigenvalue weighted by Gasteiger charge is -2.22. The number of aliphatic hydroxyl groups excluding tert-OH is 1. The summed E-state index contributed by atoms with van der Waals surface area (Å²) in [6.07, 6.45) is 1.89. The number of hydrogen-bond acceptors (Lipinski definition) is 3.